The number of hydrogen-bond donors (Lipinski definition) is 1. The van der Waals surface area contributed by atoms with E-state index in [0.717, 1.165) is 24.3 Å². The zero-order valence-electron chi connectivity index (χ0n) is 12.4. The summed E-state index contributed by atoms with van der Waals surface area (Å²) >= 11 is 0. The topological polar surface area (TPSA) is 55.4 Å². The zero-order valence-corrected chi connectivity index (χ0v) is 13.2. The summed E-state index contributed by atoms with van der Waals surface area (Å²) in [7, 11) is -3.92. The Kier molecular flexibility index (Phi) is 5.14. The van der Waals surface area contributed by atoms with Crippen molar-refractivity contribution in [3.63, 3.8) is 0 Å². The molecule has 0 radical (unpaired) electrons. The van der Waals surface area contributed by atoms with Crippen molar-refractivity contribution in [1.82, 2.24) is 4.72 Å². The number of aryl methyl sites for hydroxylation is 1. The molecule has 0 spiro atoms. The van der Waals surface area contributed by atoms with Crippen LogP contribution in [0.1, 0.15) is 11.1 Å². The van der Waals surface area contributed by atoms with Gasteiger partial charge in [-0.1, -0.05) is 12.1 Å². The molecule has 0 aromatic heterocycles. The molecule has 0 heterocycles. The average Bonchev–Trinajstić information content (AvgIpc) is 2.47. The molecule has 2 aromatic rings. The van der Waals surface area contributed by atoms with Crippen LogP contribution in [0.2, 0.25) is 0 Å². The lowest BCUT2D eigenvalue weighted by Crippen LogP contribution is -2.23. The van der Waals surface area contributed by atoms with Gasteiger partial charge in [-0.15, -0.1) is 13.2 Å². The average molecular weight is 363 g/mol. The summed E-state index contributed by atoms with van der Waals surface area (Å²) in [5.74, 6) is -0.919. The molecule has 9 heteroatoms. The van der Waals surface area contributed by atoms with Gasteiger partial charge in [0.05, 0.1) is 4.90 Å². The van der Waals surface area contributed by atoms with Crippen LogP contribution in [0.15, 0.2) is 47.4 Å². The van der Waals surface area contributed by atoms with Gasteiger partial charge in [0.25, 0.3) is 0 Å². The highest BCUT2D eigenvalue weighted by atomic mass is 32.2. The highest BCUT2D eigenvalue weighted by molar-refractivity contribution is 7.89. The first kappa shape index (κ1) is 18.2. The van der Waals surface area contributed by atoms with E-state index in [9.17, 15) is 26.0 Å². The van der Waals surface area contributed by atoms with Crippen molar-refractivity contribution < 1.29 is 30.7 Å². The number of hydrogen-bond acceptors (Lipinski definition) is 3. The summed E-state index contributed by atoms with van der Waals surface area (Å²) in [4.78, 5) is -0.212. The van der Waals surface area contributed by atoms with Crippen LogP contribution < -0.4 is 9.46 Å². The summed E-state index contributed by atoms with van der Waals surface area (Å²) in [6.07, 6.45) is -4.85. The van der Waals surface area contributed by atoms with Crippen molar-refractivity contribution >= 4 is 10.0 Å². The molecular formula is C15H13F4NO3S. The van der Waals surface area contributed by atoms with Crippen molar-refractivity contribution in [2.24, 2.45) is 0 Å². The molecule has 0 unspecified atom stereocenters. The summed E-state index contributed by atoms with van der Waals surface area (Å²) in [5.41, 5.74) is 0.926. The minimum absolute atomic E-state index is 0.0791. The van der Waals surface area contributed by atoms with Crippen LogP contribution in [0, 0.1) is 12.7 Å². The maximum absolute atomic E-state index is 13.2. The largest absolute Gasteiger partial charge is 0.573 e. The molecule has 4 nitrogen and oxygen atoms in total. The van der Waals surface area contributed by atoms with E-state index in [1.165, 1.54) is 18.2 Å². The fourth-order valence-corrected chi connectivity index (χ4v) is 2.92. The monoisotopic (exact) mass is 363 g/mol. The Balaban J connectivity index is 2.08. The SMILES string of the molecule is Cc1cc(CNS(=O)(=O)c2ccc(OC(F)(F)F)cc2)ccc1F. The second-order valence-electron chi connectivity index (χ2n) is 4.93. The second kappa shape index (κ2) is 6.78. The Morgan fingerprint density at radius 1 is 1.08 bits per heavy atom. The lowest BCUT2D eigenvalue weighted by atomic mass is 10.1. The second-order valence-corrected chi connectivity index (χ2v) is 6.69. The zero-order chi connectivity index (χ0) is 18.0. The van der Waals surface area contributed by atoms with Crippen molar-refractivity contribution in [2.45, 2.75) is 24.7 Å². The maximum atomic E-state index is 13.2. The molecule has 0 bridgehead atoms. The van der Waals surface area contributed by atoms with Gasteiger partial charge in [-0.3, -0.25) is 0 Å². The molecule has 2 rings (SSSR count). The normalized spacial score (nSPS) is 12.2. The van der Waals surface area contributed by atoms with E-state index < -0.39 is 28.0 Å². The number of sulfonamides is 1. The summed E-state index contributed by atoms with van der Waals surface area (Å²) in [6, 6.07) is 7.97. The predicted octanol–water partition coefficient (Wildman–Crippen LogP) is 3.51. The highest BCUT2D eigenvalue weighted by Crippen LogP contribution is 2.24. The molecule has 0 amide bonds. The third kappa shape index (κ3) is 4.93. The van der Waals surface area contributed by atoms with Gasteiger partial charge in [0.1, 0.15) is 11.6 Å². The Labute approximate surface area is 136 Å². The smallest absolute Gasteiger partial charge is 0.406 e. The van der Waals surface area contributed by atoms with E-state index in [4.69, 9.17) is 0 Å². The van der Waals surface area contributed by atoms with E-state index in [-0.39, 0.29) is 11.4 Å². The van der Waals surface area contributed by atoms with Crippen LogP contribution in [0.3, 0.4) is 0 Å². The molecule has 24 heavy (non-hydrogen) atoms. The van der Waals surface area contributed by atoms with E-state index >= 15 is 0 Å². The van der Waals surface area contributed by atoms with Crippen molar-refractivity contribution in [3.05, 3.63) is 59.4 Å². The van der Waals surface area contributed by atoms with E-state index in [0.29, 0.717) is 11.1 Å². The molecule has 2 aromatic carbocycles. The maximum Gasteiger partial charge on any atom is 0.573 e. The number of ether oxygens (including phenoxy) is 1. The lowest BCUT2D eigenvalue weighted by molar-refractivity contribution is -0.274. The number of rotatable bonds is 5. The fraction of sp³-hybridized carbons (Fsp3) is 0.200. The molecule has 0 saturated heterocycles. The van der Waals surface area contributed by atoms with Gasteiger partial charge in [-0.2, -0.15) is 0 Å². The van der Waals surface area contributed by atoms with Gasteiger partial charge in [0.15, 0.2) is 0 Å². The molecule has 130 valence electrons. The van der Waals surface area contributed by atoms with Gasteiger partial charge in [0.2, 0.25) is 10.0 Å². The number of alkyl halides is 3. The summed E-state index contributed by atoms with van der Waals surface area (Å²) in [6.45, 7) is 1.47. The molecule has 0 saturated carbocycles. The Hall–Kier alpha value is -2.13. The fourth-order valence-electron chi connectivity index (χ4n) is 1.90. The Morgan fingerprint density at radius 2 is 1.71 bits per heavy atom. The van der Waals surface area contributed by atoms with Crippen LogP contribution in [-0.2, 0) is 16.6 Å². The van der Waals surface area contributed by atoms with Crippen LogP contribution >= 0.6 is 0 Å². The molecule has 0 fully saturated rings. The van der Waals surface area contributed by atoms with Crippen molar-refractivity contribution in [3.8, 4) is 5.75 Å². The minimum atomic E-state index is -4.85. The summed E-state index contributed by atoms with van der Waals surface area (Å²) in [5, 5.41) is 0. The Bertz CT molecular complexity index is 818. The highest BCUT2D eigenvalue weighted by Gasteiger charge is 2.31. The van der Waals surface area contributed by atoms with Crippen LogP contribution in [0.4, 0.5) is 17.6 Å². The van der Waals surface area contributed by atoms with Gasteiger partial charge in [0, 0.05) is 6.54 Å². The number of halogens is 4. The van der Waals surface area contributed by atoms with Crippen molar-refractivity contribution in [2.75, 3.05) is 0 Å². The first-order valence-electron chi connectivity index (χ1n) is 6.67. The molecule has 0 atom stereocenters. The molecule has 0 aliphatic rings. The van der Waals surface area contributed by atoms with E-state index in [2.05, 4.69) is 9.46 Å². The van der Waals surface area contributed by atoms with Gasteiger partial charge >= 0.3 is 6.36 Å². The summed E-state index contributed by atoms with van der Waals surface area (Å²) < 4.78 is 79.5. The van der Waals surface area contributed by atoms with E-state index in [1.807, 2.05) is 0 Å². The number of nitrogens with one attached hydrogen (secondary N) is 1. The predicted molar refractivity (Wildman–Crippen MR) is 78.3 cm³/mol. The molecule has 0 aliphatic heterocycles. The first-order chi connectivity index (χ1) is 11.1. The third-order valence-electron chi connectivity index (χ3n) is 3.06. The number of benzene rings is 2. The van der Waals surface area contributed by atoms with Gasteiger partial charge in [-0.05, 0) is 48.4 Å². The van der Waals surface area contributed by atoms with Crippen LogP contribution in [0.25, 0.3) is 0 Å². The van der Waals surface area contributed by atoms with Gasteiger partial charge in [-0.25, -0.2) is 17.5 Å². The van der Waals surface area contributed by atoms with Gasteiger partial charge < -0.3 is 4.74 Å². The minimum Gasteiger partial charge on any atom is -0.406 e. The van der Waals surface area contributed by atoms with Crippen LogP contribution in [-0.4, -0.2) is 14.8 Å². The Morgan fingerprint density at radius 3 is 2.25 bits per heavy atom. The van der Waals surface area contributed by atoms with Crippen molar-refractivity contribution in [1.29, 1.82) is 0 Å². The first-order valence-corrected chi connectivity index (χ1v) is 8.16. The van der Waals surface area contributed by atoms with Crippen LogP contribution in [0.5, 0.6) is 5.75 Å². The molecule has 0 aliphatic carbocycles. The third-order valence-corrected chi connectivity index (χ3v) is 4.47. The van der Waals surface area contributed by atoms with E-state index in [1.54, 1.807) is 6.92 Å². The lowest BCUT2D eigenvalue weighted by Gasteiger charge is -2.10. The quantitative estimate of drug-likeness (QED) is 0.827. The molecular weight excluding hydrogens is 350 g/mol. The molecule has 1 N–H and O–H groups in total. The standard InChI is InChI=1S/C15H13F4NO3S/c1-10-8-11(2-7-14(10)16)9-20-24(21,22)13-5-3-12(4-6-13)23-15(17,18)19/h2-8,20H,9H2,1H3.